The first-order valence-corrected chi connectivity index (χ1v) is 10.1. The van der Waals surface area contributed by atoms with Crippen LogP contribution in [0.5, 0.6) is 11.5 Å². The molecule has 5 nitrogen and oxygen atoms in total. The number of nitrogens with zero attached hydrogens (tertiary/aromatic N) is 1. The van der Waals surface area contributed by atoms with Crippen molar-refractivity contribution in [3.63, 3.8) is 0 Å². The van der Waals surface area contributed by atoms with Crippen LogP contribution in [0.3, 0.4) is 0 Å². The van der Waals surface area contributed by atoms with Crippen LogP contribution in [0, 0.1) is 0 Å². The van der Waals surface area contributed by atoms with Crippen LogP contribution in [0.2, 0.25) is 0 Å². The average molecular weight is 428 g/mol. The molecule has 0 radical (unpaired) electrons. The van der Waals surface area contributed by atoms with Crippen molar-refractivity contribution < 1.29 is 27.4 Å². The largest absolute Gasteiger partial charge is 0.490 e. The van der Waals surface area contributed by atoms with E-state index in [1.807, 2.05) is 13.8 Å². The molecule has 0 saturated carbocycles. The standard InChI is InChI=1S/C20H23F3N2O3S/c1-4-27-16-9-8-14(11-17(16)28-5-2)13(3)25-18(26)15-7-6-10-24-19(15)29-12-20(21,22)23/h6-11,13H,4-5,12H2,1-3H3,(H,25,26). The Balaban J connectivity index is 2.16. The Bertz CT molecular complexity index is 831. The summed E-state index contributed by atoms with van der Waals surface area (Å²) in [5.41, 5.74) is 0.878. The second-order valence-electron chi connectivity index (χ2n) is 6.03. The fraction of sp³-hybridized carbons (Fsp3) is 0.400. The third kappa shape index (κ3) is 6.85. The Morgan fingerprint density at radius 1 is 1.17 bits per heavy atom. The van der Waals surface area contributed by atoms with E-state index in [9.17, 15) is 18.0 Å². The van der Waals surface area contributed by atoms with Gasteiger partial charge in [0.05, 0.1) is 30.6 Å². The van der Waals surface area contributed by atoms with Crippen LogP contribution < -0.4 is 14.8 Å². The van der Waals surface area contributed by atoms with Gasteiger partial charge in [0.2, 0.25) is 0 Å². The first-order valence-electron chi connectivity index (χ1n) is 9.10. The minimum Gasteiger partial charge on any atom is -0.490 e. The van der Waals surface area contributed by atoms with Crippen molar-refractivity contribution in [3.05, 3.63) is 47.7 Å². The van der Waals surface area contributed by atoms with Gasteiger partial charge in [0.1, 0.15) is 5.03 Å². The van der Waals surface area contributed by atoms with Crippen LogP contribution in [0.4, 0.5) is 13.2 Å². The summed E-state index contributed by atoms with van der Waals surface area (Å²) >= 11 is 0.488. The van der Waals surface area contributed by atoms with Crippen LogP contribution in [0.1, 0.15) is 42.7 Å². The smallest absolute Gasteiger partial charge is 0.398 e. The zero-order chi connectivity index (χ0) is 21.4. The number of alkyl halides is 3. The number of hydrogen-bond donors (Lipinski definition) is 1. The molecule has 1 heterocycles. The molecular weight excluding hydrogens is 405 g/mol. The number of ether oxygens (including phenoxy) is 2. The first kappa shape index (κ1) is 22.9. The van der Waals surface area contributed by atoms with Gasteiger partial charge in [-0.1, -0.05) is 17.8 Å². The number of thioether (sulfide) groups is 1. The Morgan fingerprint density at radius 3 is 2.52 bits per heavy atom. The van der Waals surface area contributed by atoms with Crippen LogP contribution in [-0.2, 0) is 0 Å². The van der Waals surface area contributed by atoms with Gasteiger partial charge < -0.3 is 14.8 Å². The second-order valence-corrected chi connectivity index (χ2v) is 6.99. The lowest BCUT2D eigenvalue weighted by Gasteiger charge is -2.18. The molecule has 0 saturated heterocycles. The van der Waals surface area contributed by atoms with Gasteiger partial charge in [-0.2, -0.15) is 13.2 Å². The van der Waals surface area contributed by atoms with E-state index in [1.165, 1.54) is 18.3 Å². The lowest BCUT2D eigenvalue weighted by Crippen LogP contribution is -2.27. The summed E-state index contributed by atoms with van der Waals surface area (Å²) in [5.74, 6) is -0.441. The van der Waals surface area contributed by atoms with Crippen LogP contribution in [0.25, 0.3) is 0 Å². The Labute approximate surface area is 172 Å². The van der Waals surface area contributed by atoms with Gasteiger partial charge in [-0.05, 0) is 50.6 Å². The van der Waals surface area contributed by atoms with E-state index in [-0.39, 0.29) is 10.6 Å². The molecule has 0 fully saturated rings. The zero-order valence-corrected chi connectivity index (χ0v) is 17.2. The zero-order valence-electron chi connectivity index (χ0n) is 16.4. The van der Waals surface area contributed by atoms with Gasteiger partial charge in [-0.25, -0.2) is 4.98 Å². The highest BCUT2D eigenvalue weighted by Crippen LogP contribution is 2.31. The molecule has 1 aromatic heterocycles. The van der Waals surface area contributed by atoms with Crippen molar-refractivity contribution in [2.75, 3.05) is 19.0 Å². The molecular formula is C20H23F3N2O3S. The highest BCUT2D eigenvalue weighted by Gasteiger charge is 2.28. The Morgan fingerprint density at radius 2 is 1.86 bits per heavy atom. The predicted octanol–water partition coefficient (Wildman–Crippen LogP) is 5.02. The normalized spacial score (nSPS) is 12.3. The number of rotatable bonds is 9. The van der Waals surface area contributed by atoms with Crippen molar-refractivity contribution in [2.45, 2.75) is 38.0 Å². The molecule has 0 aliphatic heterocycles. The molecule has 1 N–H and O–H groups in total. The van der Waals surface area contributed by atoms with Crippen molar-refractivity contribution in [1.82, 2.24) is 10.3 Å². The van der Waals surface area contributed by atoms with Crippen molar-refractivity contribution in [3.8, 4) is 11.5 Å². The summed E-state index contributed by atoms with van der Waals surface area (Å²) in [6, 6.07) is 7.92. The van der Waals surface area contributed by atoms with Crippen LogP contribution >= 0.6 is 11.8 Å². The highest BCUT2D eigenvalue weighted by atomic mass is 32.2. The molecule has 1 unspecified atom stereocenters. The molecule has 1 aromatic carbocycles. The first-order chi connectivity index (χ1) is 13.7. The van der Waals surface area contributed by atoms with Gasteiger partial charge in [0.25, 0.3) is 5.91 Å². The topological polar surface area (TPSA) is 60.5 Å². The third-order valence-electron chi connectivity index (χ3n) is 3.80. The highest BCUT2D eigenvalue weighted by molar-refractivity contribution is 7.99. The second kappa shape index (κ2) is 10.4. The number of aromatic nitrogens is 1. The van der Waals surface area contributed by atoms with Gasteiger partial charge in [-0.3, -0.25) is 4.79 Å². The van der Waals surface area contributed by atoms with Gasteiger partial charge in [0, 0.05) is 6.20 Å². The van der Waals surface area contributed by atoms with E-state index in [0.717, 1.165) is 5.56 Å². The number of carbonyl (C=O) groups is 1. The summed E-state index contributed by atoms with van der Waals surface area (Å²) in [6.45, 7) is 6.46. The summed E-state index contributed by atoms with van der Waals surface area (Å²) in [5, 5.41) is 2.84. The van der Waals surface area contributed by atoms with Gasteiger partial charge in [-0.15, -0.1) is 0 Å². The number of halogens is 3. The number of benzene rings is 1. The Hall–Kier alpha value is -2.42. The minimum atomic E-state index is -4.35. The lowest BCUT2D eigenvalue weighted by atomic mass is 10.1. The third-order valence-corrected chi connectivity index (χ3v) is 4.87. The van der Waals surface area contributed by atoms with E-state index in [1.54, 1.807) is 25.1 Å². The van der Waals surface area contributed by atoms with Crippen molar-refractivity contribution in [2.24, 2.45) is 0 Å². The molecule has 0 aliphatic carbocycles. The van der Waals surface area contributed by atoms with E-state index in [2.05, 4.69) is 10.3 Å². The minimum absolute atomic E-state index is 0.0382. The molecule has 158 valence electrons. The number of pyridine rings is 1. The lowest BCUT2D eigenvalue weighted by molar-refractivity contribution is -0.105. The van der Waals surface area contributed by atoms with E-state index < -0.39 is 23.9 Å². The maximum Gasteiger partial charge on any atom is 0.398 e. The molecule has 1 atom stereocenters. The van der Waals surface area contributed by atoms with Gasteiger partial charge >= 0.3 is 6.18 Å². The summed E-state index contributed by atoms with van der Waals surface area (Å²) in [7, 11) is 0. The number of amides is 1. The fourth-order valence-corrected chi connectivity index (χ4v) is 3.28. The summed E-state index contributed by atoms with van der Waals surface area (Å²) < 4.78 is 48.7. The molecule has 1 amide bonds. The van der Waals surface area contributed by atoms with E-state index in [4.69, 9.17) is 9.47 Å². The number of hydrogen-bond acceptors (Lipinski definition) is 5. The van der Waals surface area contributed by atoms with Crippen molar-refractivity contribution in [1.29, 1.82) is 0 Å². The molecule has 0 bridgehead atoms. The fourth-order valence-electron chi connectivity index (χ4n) is 2.52. The molecule has 2 rings (SSSR count). The summed E-state index contributed by atoms with van der Waals surface area (Å²) in [6.07, 6.45) is -2.99. The number of carbonyl (C=O) groups excluding carboxylic acids is 1. The maximum atomic E-state index is 12.7. The van der Waals surface area contributed by atoms with E-state index >= 15 is 0 Å². The summed E-state index contributed by atoms with van der Waals surface area (Å²) in [4.78, 5) is 16.6. The average Bonchev–Trinajstić information content (AvgIpc) is 2.67. The van der Waals surface area contributed by atoms with E-state index in [0.29, 0.717) is 36.5 Å². The Kier molecular flexibility index (Phi) is 8.19. The number of nitrogens with one attached hydrogen (secondary N) is 1. The maximum absolute atomic E-state index is 12.7. The van der Waals surface area contributed by atoms with Crippen LogP contribution in [0.15, 0.2) is 41.6 Å². The SMILES string of the molecule is CCOc1ccc(C(C)NC(=O)c2cccnc2SCC(F)(F)F)cc1OCC. The molecule has 29 heavy (non-hydrogen) atoms. The molecule has 2 aromatic rings. The quantitative estimate of drug-likeness (QED) is 0.568. The molecule has 0 spiro atoms. The molecule has 0 aliphatic rings. The monoisotopic (exact) mass is 428 g/mol. The van der Waals surface area contributed by atoms with Gasteiger partial charge in [0.15, 0.2) is 11.5 Å². The van der Waals surface area contributed by atoms with Crippen molar-refractivity contribution >= 4 is 17.7 Å². The molecule has 9 heteroatoms. The van der Waals surface area contributed by atoms with Crippen LogP contribution in [-0.4, -0.2) is 36.0 Å². The predicted molar refractivity (Wildman–Crippen MR) is 106 cm³/mol.